The van der Waals surface area contributed by atoms with Crippen LogP contribution in [0.4, 0.5) is 4.79 Å². The molecule has 2 aliphatic heterocycles. The summed E-state index contributed by atoms with van der Waals surface area (Å²) in [4.78, 5) is 31.7. The number of methoxy groups -OCH3 is 1. The molecule has 31 heavy (non-hydrogen) atoms. The van der Waals surface area contributed by atoms with E-state index in [1.54, 1.807) is 35.5 Å². The van der Waals surface area contributed by atoms with Gasteiger partial charge in [-0.3, -0.25) is 4.79 Å². The first-order valence-electron chi connectivity index (χ1n) is 10.2. The van der Waals surface area contributed by atoms with Crippen LogP contribution in [0, 0.1) is 0 Å². The number of nitrogens with zero attached hydrogens (tertiary/aromatic N) is 2. The number of hydrogen-bond donors (Lipinski definition) is 1. The summed E-state index contributed by atoms with van der Waals surface area (Å²) >= 11 is 8.66. The molecule has 2 aromatic heterocycles. The molecule has 4 heterocycles. The van der Waals surface area contributed by atoms with Crippen molar-refractivity contribution in [2.75, 3.05) is 40.3 Å². The van der Waals surface area contributed by atoms with Crippen molar-refractivity contribution in [2.45, 2.75) is 31.4 Å². The molecule has 0 bridgehead atoms. The fourth-order valence-corrected chi connectivity index (χ4v) is 6.31. The van der Waals surface area contributed by atoms with Crippen LogP contribution in [0.15, 0.2) is 18.2 Å². The zero-order valence-electron chi connectivity index (χ0n) is 17.7. The van der Waals surface area contributed by atoms with E-state index in [0.29, 0.717) is 28.4 Å². The van der Waals surface area contributed by atoms with E-state index in [2.05, 4.69) is 30.3 Å². The molecule has 2 aliphatic rings. The number of halogens is 1. The lowest BCUT2D eigenvalue weighted by Crippen LogP contribution is -2.44. The predicted molar refractivity (Wildman–Crippen MR) is 123 cm³/mol. The fourth-order valence-electron chi connectivity index (χ4n) is 4.21. The van der Waals surface area contributed by atoms with E-state index >= 15 is 0 Å². The van der Waals surface area contributed by atoms with Gasteiger partial charge in [-0.2, -0.15) is 0 Å². The molecule has 3 unspecified atom stereocenters. The van der Waals surface area contributed by atoms with Crippen LogP contribution in [-0.4, -0.2) is 74.3 Å². The Bertz CT molecular complexity index is 962. The van der Waals surface area contributed by atoms with Gasteiger partial charge in [0.15, 0.2) is 5.06 Å². The molecular weight excluding hydrogens is 458 g/mol. The van der Waals surface area contributed by atoms with Gasteiger partial charge in [-0.15, -0.1) is 11.3 Å². The van der Waals surface area contributed by atoms with E-state index in [1.165, 1.54) is 21.8 Å². The number of hydrogen-bond acceptors (Lipinski definition) is 7. The molecule has 7 nitrogen and oxygen atoms in total. The average molecular weight is 484 g/mol. The minimum absolute atomic E-state index is 0.0108. The van der Waals surface area contributed by atoms with E-state index in [4.69, 9.17) is 21.1 Å². The molecule has 0 spiro atoms. The van der Waals surface area contributed by atoms with Crippen molar-refractivity contribution < 1.29 is 19.1 Å². The molecule has 3 atom stereocenters. The molecule has 2 amide bonds. The maximum absolute atomic E-state index is 13.2. The van der Waals surface area contributed by atoms with Gasteiger partial charge in [-0.05, 0) is 37.2 Å². The maximum Gasteiger partial charge on any atom is 0.413 e. The van der Waals surface area contributed by atoms with Crippen LogP contribution in [0.3, 0.4) is 0 Å². The third-order valence-electron chi connectivity index (χ3n) is 5.75. The molecule has 168 valence electrons. The second kappa shape index (κ2) is 9.46. The molecule has 2 aromatic rings. The number of fused-ring (bicyclic) bond motifs is 1. The molecule has 4 rings (SSSR count). The molecule has 0 saturated carbocycles. The minimum Gasteiger partial charge on any atom is -0.399 e. The Morgan fingerprint density at radius 3 is 2.74 bits per heavy atom. The highest BCUT2D eigenvalue weighted by molar-refractivity contribution is 7.17. The number of likely N-dealkylation sites (N-methyl/N-ethyl adjacent to an activating group) is 1. The zero-order chi connectivity index (χ0) is 22.1. The largest absolute Gasteiger partial charge is 0.413 e. The quantitative estimate of drug-likeness (QED) is 0.718. The van der Waals surface area contributed by atoms with Crippen LogP contribution < -0.4 is 10.1 Å². The zero-order valence-corrected chi connectivity index (χ0v) is 20.1. The number of thiophene rings is 2. The summed E-state index contributed by atoms with van der Waals surface area (Å²) < 4.78 is 11.4. The maximum atomic E-state index is 13.2. The van der Waals surface area contributed by atoms with Crippen LogP contribution in [0.1, 0.15) is 33.0 Å². The van der Waals surface area contributed by atoms with Gasteiger partial charge >= 0.3 is 6.09 Å². The Balaban J connectivity index is 1.41. The summed E-state index contributed by atoms with van der Waals surface area (Å²) in [7, 11) is 3.72. The highest BCUT2D eigenvalue weighted by Gasteiger charge is 2.38. The van der Waals surface area contributed by atoms with Crippen molar-refractivity contribution in [3.05, 3.63) is 37.9 Å². The topological polar surface area (TPSA) is 71.1 Å². The lowest BCUT2D eigenvalue weighted by atomic mass is 10.1. The van der Waals surface area contributed by atoms with Gasteiger partial charge in [0.2, 0.25) is 0 Å². The van der Waals surface area contributed by atoms with Gasteiger partial charge in [-0.1, -0.05) is 29.9 Å². The Hall–Kier alpha value is -1.65. The summed E-state index contributed by atoms with van der Waals surface area (Å²) in [5, 5.41) is 3.24. The number of nitrogens with one attached hydrogen (secondary N) is 1. The summed E-state index contributed by atoms with van der Waals surface area (Å²) in [6.07, 6.45) is 0.0816. The Labute approximate surface area is 194 Å². The van der Waals surface area contributed by atoms with E-state index in [-0.39, 0.29) is 18.1 Å². The van der Waals surface area contributed by atoms with Gasteiger partial charge in [-0.25, -0.2) is 4.79 Å². The van der Waals surface area contributed by atoms with Gasteiger partial charge in [0.1, 0.15) is 0 Å². The van der Waals surface area contributed by atoms with Gasteiger partial charge in [0, 0.05) is 44.1 Å². The van der Waals surface area contributed by atoms with Crippen molar-refractivity contribution in [2.24, 2.45) is 0 Å². The van der Waals surface area contributed by atoms with Gasteiger partial charge in [0.05, 0.1) is 21.4 Å². The van der Waals surface area contributed by atoms with Crippen LogP contribution in [0.2, 0.25) is 4.34 Å². The lowest BCUT2D eigenvalue weighted by molar-refractivity contribution is 0.0711. The number of carbonyl (C=O) groups excluding carboxylic acids is 2. The molecule has 0 radical (unpaired) electrons. The Morgan fingerprint density at radius 1 is 1.23 bits per heavy atom. The third-order valence-corrected chi connectivity index (χ3v) is 8.26. The summed E-state index contributed by atoms with van der Waals surface area (Å²) in [6, 6.07) is 5.02. The number of ether oxygens (including phenoxy) is 2. The first-order valence-corrected chi connectivity index (χ1v) is 12.2. The smallest absolute Gasteiger partial charge is 0.399 e. The standard InChI is InChI=1S/C21H26ClN3O4S2/c1-12-9-24(2)7-6-13-8-16(30-19(12)13)20(26)25-10-14(15(11-25)28-3)23-21(27)29-18-5-4-17(22)31-18/h4-5,8,12,14-15H,6-7,9-11H2,1-3H3,(H,23,27). The Morgan fingerprint density at radius 2 is 2.03 bits per heavy atom. The highest BCUT2D eigenvalue weighted by atomic mass is 35.5. The van der Waals surface area contributed by atoms with Crippen molar-refractivity contribution in [1.82, 2.24) is 15.1 Å². The lowest BCUT2D eigenvalue weighted by Gasteiger charge is -2.17. The van der Waals surface area contributed by atoms with Crippen molar-refractivity contribution in [1.29, 1.82) is 0 Å². The monoisotopic (exact) mass is 483 g/mol. The van der Waals surface area contributed by atoms with Crippen molar-refractivity contribution in [3.63, 3.8) is 0 Å². The number of carbonyl (C=O) groups is 2. The Kier molecular flexibility index (Phi) is 6.88. The number of amides is 2. The minimum atomic E-state index is -0.583. The predicted octanol–water partition coefficient (Wildman–Crippen LogP) is 3.68. The van der Waals surface area contributed by atoms with Gasteiger partial charge < -0.3 is 24.6 Å². The summed E-state index contributed by atoms with van der Waals surface area (Å²) in [6.45, 7) is 5.01. The number of likely N-dealkylation sites (tertiary alicyclic amines) is 1. The van der Waals surface area contributed by atoms with E-state index < -0.39 is 6.09 Å². The summed E-state index contributed by atoms with van der Waals surface area (Å²) in [5.74, 6) is 0.401. The van der Waals surface area contributed by atoms with Crippen molar-refractivity contribution in [3.8, 4) is 5.06 Å². The molecule has 1 saturated heterocycles. The summed E-state index contributed by atoms with van der Waals surface area (Å²) in [5.41, 5.74) is 1.28. The second-order valence-corrected chi connectivity index (χ2v) is 10.9. The van der Waals surface area contributed by atoms with E-state index in [9.17, 15) is 9.59 Å². The van der Waals surface area contributed by atoms with E-state index in [0.717, 1.165) is 24.4 Å². The average Bonchev–Trinajstić information content (AvgIpc) is 3.42. The van der Waals surface area contributed by atoms with Crippen LogP contribution in [0.5, 0.6) is 5.06 Å². The normalized spacial score (nSPS) is 24.0. The van der Waals surface area contributed by atoms with Crippen LogP contribution in [-0.2, 0) is 11.2 Å². The SMILES string of the molecule is COC1CN(C(=O)c2cc3c(s2)C(C)CN(C)CC3)CC1NC(=O)Oc1ccc(Cl)s1. The third kappa shape index (κ3) is 5.06. The highest BCUT2D eigenvalue weighted by Crippen LogP contribution is 2.34. The molecule has 0 aliphatic carbocycles. The molecule has 10 heteroatoms. The molecule has 1 fully saturated rings. The second-order valence-electron chi connectivity index (χ2n) is 8.10. The molecule has 1 N–H and O–H groups in total. The van der Waals surface area contributed by atoms with Crippen LogP contribution >= 0.6 is 34.3 Å². The molecular formula is C21H26ClN3O4S2. The van der Waals surface area contributed by atoms with Gasteiger partial charge in [0.25, 0.3) is 5.91 Å². The van der Waals surface area contributed by atoms with E-state index in [1.807, 2.05) is 0 Å². The first-order chi connectivity index (χ1) is 14.8. The molecule has 0 aromatic carbocycles. The van der Waals surface area contributed by atoms with Crippen molar-refractivity contribution >= 4 is 46.3 Å². The van der Waals surface area contributed by atoms with Crippen LogP contribution in [0.25, 0.3) is 0 Å². The first kappa shape index (κ1) is 22.5. The fraction of sp³-hybridized carbons (Fsp3) is 0.524. The number of rotatable bonds is 4.